The number of nitrogens with zero attached hydrogens (tertiary/aromatic N) is 2. The minimum Gasteiger partial charge on any atom is -0.356 e. The second-order valence-electron chi connectivity index (χ2n) is 5.44. The van der Waals surface area contributed by atoms with Crippen LogP contribution in [0.15, 0.2) is 29.3 Å². The molecule has 0 saturated heterocycles. The Hall–Kier alpha value is -1.55. The molecule has 1 rings (SSSR count). The third kappa shape index (κ3) is 6.48. The fourth-order valence-electron chi connectivity index (χ4n) is 2.36. The van der Waals surface area contributed by atoms with Crippen LogP contribution in [0.5, 0.6) is 0 Å². The second-order valence-corrected chi connectivity index (χ2v) is 5.44. The summed E-state index contributed by atoms with van der Waals surface area (Å²) in [5, 5.41) is 6.77. The summed E-state index contributed by atoms with van der Waals surface area (Å²) in [7, 11) is 1.82. The topological polar surface area (TPSA) is 39.7 Å². The first-order chi connectivity index (χ1) is 10.7. The molecule has 4 heteroatoms. The number of benzene rings is 1. The zero-order chi connectivity index (χ0) is 16.2. The Kier molecular flexibility index (Phi) is 9.31. The van der Waals surface area contributed by atoms with Crippen LogP contribution in [-0.4, -0.2) is 37.5 Å². The molecule has 22 heavy (non-hydrogen) atoms. The molecule has 0 aliphatic heterocycles. The first kappa shape index (κ1) is 18.5. The van der Waals surface area contributed by atoms with Crippen molar-refractivity contribution >= 4 is 5.96 Å². The minimum atomic E-state index is 0.809. The normalized spacial score (nSPS) is 11.8. The zero-order valence-corrected chi connectivity index (χ0v) is 14.7. The SMILES string of the molecule is CCCCNC(=NC)NCc1ccccc1CN(CC)CC. The lowest BCUT2D eigenvalue weighted by Crippen LogP contribution is -2.37. The van der Waals surface area contributed by atoms with Crippen molar-refractivity contribution in [2.24, 2.45) is 4.99 Å². The van der Waals surface area contributed by atoms with Crippen LogP contribution in [0, 0.1) is 0 Å². The second kappa shape index (κ2) is 11.1. The van der Waals surface area contributed by atoms with Crippen molar-refractivity contribution < 1.29 is 0 Å². The van der Waals surface area contributed by atoms with E-state index in [0.717, 1.165) is 38.7 Å². The van der Waals surface area contributed by atoms with Crippen LogP contribution in [0.2, 0.25) is 0 Å². The molecule has 0 aliphatic rings. The Balaban J connectivity index is 2.61. The molecule has 1 aromatic carbocycles. The van der Waals surface area contributed by atoms with Gasteiger partial charge in [-0.2, -0.15) is 0 Å². The van der Waals surface area contributed by atoms with Crippen molar-refractivity contribution in [1.29, 1.82) is 0 Å². The summed E-state index contributed by atoms with van der Waals surface area (Å²) in [5.74, 6) is 0.881. The molecule has 0 fully saturated rings. The number of guanidine groups is 1. The molecule has 0 radical (unpaired) electrons. The number of hydrogen-bond donors (Lipinski definition) is 2. The van der Waals surface area contributed by atoms with Crippen molar-refractivity contribution in [2.45, 2.75) is 46.7 Å². The Morgan fingerprint density at radius 1 is 1.05 bits per heavy atom. The van der Waals surface area contributed by atoms with Crippen LogP contribution in [0.1, 0.15) is 44.7 Å². The molecule has 0 aliphatic carbocycles. The molecule has 0 bridgehead atoms. The lowest BCUT2D eigenvalue weighted by Gasteiger charge is -2.20. The fraction of sp³-hybridized carbons (Fsp3) is 0.611. The van der Waals surface area contributed by atoms with Gasteiger partial charge >= 0.3 is 0 Å². The summed E-state index contributed by atoms with van der Waals surface area (Å²) in [6, 6.07) is 8.65. The van der Waals surface area contributed by atoms with Gasteiger partial charge in [0.2, 0.25) is 0 Å². The molecule has 0 saturated carbocycles. The maximum absolute atomic E-state index is 4.28. The minimum absolute atomic E-state index is 0.809. The van der Waals surface area contributed by atoms with Gasteiger partial charge in [0.05, 0.1) is 0 Å². The molecular formula is C18H32N4. The maximum atomic E-state index is 4.28. The van der Waals surface area contributed by atoms with Crippen LogP contribution in [0.25, 0.3) is 0 Å². The van der Waals surface area contributed by atoms with Crippen LogP contribution < -0.4 is 10.6 Å². The highest BCUT2D eigenvalue weighted by molar-refractivity contribution is 5.79. The smallest absolute Gasteiger partial charge is 0.191 e. The lowest BCUT2D eigenvalue weighted by molar-refractivity contribution is 0.295. The quantitative estimate of drug-likeness (QED) is 0.418. The van der Waals surface area contributed by atoms with Crippen LogP contribution in [0.4, 0.5) is 0 Å². The van der Waals surface area contributed by atoms with Crippen LogP contribution in [-0.2, 0) is 13.1 Å². The Morgan fingerprint density at radius 3 is 2.32 bits per heavy atom. The first-order valence-corrected chi connectivity index (χ1v) is 8.48. The van der Waals surface area contributed by atoms with Crippen LogP contribution in [0.3, 0.4) is 0 Å². The fourth-order valence-corrected chi connectivity index (χ4v) is 2.36. The number of nitrogens with one attached hydrogen (secondary N) is 2. The number of unbranched alkanes of at least 4 members (excludes halogenated alkanes) is 1. The highest BCUT2D eigenvalue weighted by atomic mass is 15.2. The lowest BCUT2D eigenvalue weighted by atomic mass is 10.1. The van der Waals surface area contributed by atoms with Gasteiger partial charge < -0.3 is 10.6 Å². The number of rotatable bonds is 9. The summed E-state index contributed by atoms with van der Waals surface area (Å²) in [6.07, 6.45) is 2.36. The van der Waals surface area contributed by atoms with E-state index in [1.165, 1.54) is 24.0 Å². The van der Waals surface area contributed by atoms with E-state index in [4.69, 9.17) is 0 Å². The summed E-state index contributed by atoms with van der Waals surface area (Å²) in [4.78, 5) is 6.72. The molecule has 0 unspecified atom stereocenters. The molecule has 0 aromatic heterocycles. The zero-order valence-electron chi connectivity index (χ0n) is 14.7. The highest BCUT2D eigenvalue weighted by Crippen LogP contribution is 2.11. The molecular weight excluding hydrogens is 272 g/mol. The van der Waals surface area contributed by atoms with E-state index in [1.807, 2.05) is 7.05 Å². The van der Waals surface area contributed by atoms with Crippen molar-refractivity contribution in [3.63, 3.8) is 0 Å². The van der Waals surface area contributed by atoms with Crippen molar-refractivity contribution in [3.05, 3.63) is 35.4 Å². The monoisotopic (exact) mass is 304 g/mol. The van der Waals surface area contributed by atoms with E-state index in [2.05, 4.69) is 65.6 Å². The Morgan fingerprint density at radius 2 is 1.73 bits per heavy atom. The molecule has 1 aromatic rings. The Labute approximate surface area is 136 Å². The van der Waals surface area contributed by atoms with Gasteiger partial charge in [-0.05, 0) is 30.6 Å². The average molecular weight is 304 g/mol. The Bertz CT molecular complexity index is 438. The predicted molar refractivity (Wildman–Crippen MR) is 96.2 cm³/mol. The van der Waals surface area contributed by atoms with E-state index in [1.54, 1.807) is 0 Å². The summed E-state index contributed by atoms with van der Waals surface area (Å²) < 4.78 is 0. The van der Waals surface area contributed by atoms with Gasteiger partial charge in [-0.25, -0.2) is 0 Å². The molecule has 124 valence electrons. The summed E-state index contributed by atoms with van der Waals surface area (Å²) in [5.41, 5.74) is 2.73. The van der Waals surface area contributed by atoms with Crippen molar-refractivity contribution in [3.8, 4) is 0 Å². The van der Waals surface area contributed by atoms with E-state index in [0.29, 0.717) is 0 Å². The van der Waals surface area contributed by atoms with Gasteiger partial charge in [0.15, 0.2) is 5.96 Å². The average Bonchev–Trinajstić information content (AvgIpc) is 2.56. The van der Waals surface area contributed by atoms with E-state index in [-0.39, 0.29) is 0 Å². The molecule has 2 N–H and O–H groups in total. The largest absolute Gasteiger partial charge is 0.356 e. The first-order valence-electron chi connectivity index (χ1n) is 8.48. The predicted octanol–water partition coefficient (Wildman–Crippen LogP) is 2.99. The van der Waals surface area contributed by atoms with Gasteiger partial charge in [0.1, 0.15) is 0 Å². The summed E-state index contributed by atoms with van der Waals surface area (Å²) in [6.45, 7) is 11.6. The van der Waals surface area contributed by atoms with Crippen molar-refractivity contribution in [2.75, 3.05) is 26.7 Å². The van der Waals surface area contributed by atoms with Crippen molar-refractivity contribution in [1.82, 2.24) is 15.5 Å². The van der Waals surface area contributed by atoms with Gasteiger partial charge in [0.25, 0.3) is 0 Å². The van der Waals surface area contributed by atoms with E-state index < -0.39 is 0 Å². The maximum Gasteiger partial charge on any atom is 0.191 e. The third-order valence-electron chi connectivity index (χ3n) is 3.90. The third-order valence-corrected chi connectivity index (χ3v) is 3.90. The number of aliphatic imine (C=N–C) groups is 1. The standard InChI is InChI=1S/C18H32N4/c1-5-8-13-20-18(19-4)21-14-16-11-9-10-12-17(16)15-22(6-2)7-3/h9-12H,5-8,13-15H2,1-4H3,(H2,19,20,21). The van der Waals surface area contributed by atoms with Gasteiger partial charge in [-0.15, -0.1) is 0 Å². The van der Waals surface area contributed by atoms with Gasteiger partial charge in [-0.3, -0.25) is 9.89 Å². The highest BCUT2D eigenvalue weighted by Gasteiger charge is 2.06. The molecule has 0 atom stereocenters. The van der Waals surface area contributed by atoms with E-state index in [9.17, 15) is 0 Å². The van der Waals surface area contributed by atoms with E-state index >= 15 is 0 Å². The van der Waals surface area contributed by atoms with Crippen LogP contribution >= 0.6 is 0 Å². The summed E-state index contributed by atoms with van der Waals surface area (Å²) >= 11 is 0. The molecule has 0 amide bonds. The van der Waals surface area contributed by atoms with Gasteiger partial charge in [-0.1, -0.05) is 51.5 Å². The molecule has 0 heterocycles. The van der Waals surface area contributed by atoms with Gasteiger partial charge in [0, 0.05) is 26.7 Å². The molecule has 4 nitrogen and oxygen atoms in total. The number of hydrogen-bond acceptors (Lipinski definition) is 2. The molecule has 0 spiro atoms.